The van der Waals surface area contributed by atoms with Crippen LogP contribution >= 0.6 is 11.6 Å². The summed E-state index contributed by atoms with van der Waals surface area (Å²) in [6.45, 7) is 0. The fraction of sp³-hybridized carbons (Fsp3) is 0.0769. The van der Waals surface area contributed by atoms with Crippen LogP contribution in [-0.2, 0) is 7.05 Å². The lowest BCUT2D eigenvalue weighted by atomic mass is 10.2. The van der Waals surface area contributed by atoms with Crippen LogP contribution < -0.4 is 10.3 Å². The highest BCUT2D eigenvalue weighted by atomic mass is 35.5. The van der Waals surface area contributed by atoms with Gasteiger partial charge in [-0.1, -0.05) is 11.6 Å². The van der Waals surface area contributed by atoms with Crippen molar-refractivity contribution in [1.29, 1.82) is 0 Å². The Morgan fingerprint density at radius 1 is 1.37 bits per heavy atom. The van der Waals surface area contributed by atoms with Crippen LogP contribution in [0.2, 0.25) is 5.02 Å². The zero-order chi connectivity index (χ0) is 13.4. The topological polar surface area (TPSA) is 59.9 Å². The Bertz CT molecular complexity index is 807. The zero-order valence-corrected chi connectivity index (χ0v) is 10.8. The molecule has 0 atom stereocenters. The third-order valence-corrected chi connectivity index (χ3v) is 3.15. The van der Waals surface area contributed by atoms with Crippen LogP contribution in [0.15, 0.2) is 41.5 Å². The Morgan fingerprint density at radius 3 is 3.05 bits per heavy atom. The summed E-state index contributed by atoms with van der Waals surface area (Å²) in [6.07, 6.45) is 3.27. The van der Waals surface area contributed by atoms with Crippen molar-refractivity contribution in [2.75, 3.05) is 0 Å². The summed E-state index contributed by atoms with van der Waals surface area (Å²) in [6, 6.07) is 7.49. The maximum absolute atomic E-state index is 11.6. The predicted octanol–water partition coefficient (Wildman–Crippen LogP) is 2.71. The number of halogens is 1. The highest BCUT2D eigenvalue weighted by Crippen LogP contribution is 2.27. The number of fused-ring (bicyclic) bond motifs is 1. The van der Waals surface area contributed by atoms with Crippen molar-refractivity contribution in [2.45, 2.75) is 0 Å². The number of H-pyrrole nitrogens is 1. The van der Waals surface area contributed by atoms with Crippen LogP contribution in [0.5, 0.6) is 11.5 Å². The van der Waals surface area contributed by atoms with Gasteiger partial charge in [-0.3, -0.25) is 4.79 Å². The third kappa shape index (κ3) is 2.08. The Kier molecular flexibility index (Phi) is 2.76. The lowest BCUT2D eigenvalue weighted by molar-refractivity contribution is 0.473. The van der Waals surface area contributed by atoms with Gasteiger partial charge in [-0.25, -0.2) is 4.68 Å². The van der Waals surface area contributed by atoms with Gasteiger partial charge in [-0.15, -0.1) is 0 Å². The molecule has 0 fully saturated rings. The summed E-state index contributed by atoms with van der Waals surface area (Å²) in [5.74, 6) is 0.851. The van der Waals surface area contributed by atoms with Crippen molar-refractivity contribution in [3.05, 3.63) is 52.0 Å². The first kappa shape index (κ1) is 11.8. The minimum Gasteiger partial charge on any atom is -0.454 e. The maximum atomic E-state index is 11.6. The monoisotopic (exact) mass is 275 g/mol. The molecule has 1 N–H and O–H groups in total. The largest absolute Gasteiger partial charge is 0.454 e. The van der Waals surface area contributed by atoms with E-state index in [4.69, 9.17) is 16.3 Å². The number of rotatable bonds is 2. The van der Waals surface area contributed by atoms with Gasteiger partial charge in [0.15, 0.2) is 10.8 Å². The molecule has 96 valence electrons. The average molecular weight is 276 g/mol. The van der Waals surface area contributed by atoms with Crippen LogP contribution in [0.4, 0.5) is 0 Å². The number of ether oxygens (including phenoxy) is 1. The zero-order valence-electron chi connectivity index (χ0n) is 10.1. The van der Waals surface area contributed by atoms with E-state index in [1.165, 1.54) is 13.2 Å². The highest BCUT2D eigenvalue weighted by Gasteiger charge is 2.09. The molecule has 3 rings (SSSR count). The van der Waals surface area contributed by atoms with Crippen molar-refractivity contribution in [1.82, 2.24) is 14.8 Å². The second-order valence-corrected chi connectivity index (χ2v) is 4.46. The molecule has 3 aromatic rings. The lowest BCUT2D eigenvalue weighted by Gasteiger charge is -2.07. The van der Waals surface area contributed by atoms with Gasteiger partial charge in [-0.05, 0) is 24.3 Å². The van der Waals surface area contributed by atoms with E-state index in [2.05, 4.69) is 10.1 Å². The molecule has 6 heteroatoms. The molecule has 0 spiro atoms. The fourth-order valence-electron chi connectivity index (χ4n) is 1.79. The van der Waals surface area contributed by atoms with Crippen LogP contribution in [0.3, 0.4) is 0 Å². The second kappa shape index (κ2) is 4.44. The maximum Gasteiger partial charge on any atom is 0.289 e. The van der Waals surface area contributed by atoms with Gasteiger partial charge in [0.2, 0.25) is 0 Å². The molecule has 0 aliphatic rings. The van der Waals surface area contributed by atoms with E-state index >= 15 is 0 Å². The Balaban J connectivity index is 2.00. The van der Waals surface area contributed by atoms with Gasteiger partial charge in [0.1, 0.15) is 5.75 Å². The quantitative estimate of drug-likeness (QED) is 0.782. The van der Waals surface area contributed by atoms with E-state index in [9.17, 15) is 4.79 Å². The molecular weight excluding hydrogens is 266 g/mol. The molecule has 0 bridgehead atoms. The molecule has 0 saturated carbocycles. The summed E-state index contributed by atoms with van der Waals surface area (Å²) < 4.78 is 6.76. The Morgan fingerprint density at radius 2 is 2.21 bits per heavy atom. The predicted molar refractivity (Wildman–Crippen MR) is 72.9 cm³/mol. The van der Waals surface area contributed by atoms with Crippen molar-refractivity contribution >= 4 is 22.5 Å². The molecule has 0 aliphatic heterocycles. The first-order valence-corrected chi connectivity index (χ1v) is 6.00. The molecule has 0 radical (unpaired) electrons. The third-order valence-electron chi connectivity index (χ3n) is 2.80. The van der Waals surface area contributed by atoms with Crippen molar-refractivity contribution in [3.63, 3.8) is 0 Å². The standard InChI is InChI=1S/C13H10ClN3O2/c1-17-13(18)12(14)11(7-16-17)19-9-2-3-10-8(6-9)4-5-15-10/h2-7,15H,1H3. The smallest absolute Gasteiger partial charge is 0.289 e. The number of benzene rings is 1. The Hall–Kier alpha value is -2.27. The number of aryl methyl sites for hydroxylation is 1. The first-order valence-electron chi connectivity index (χ1n) is 5.62. The number of aromatic amines is 1. The number of nitrogens with zero attached hydrogens (tertiary/aromatic N) is 2. The molecule has 5 nitrogen and oxygen atoms in total. The molecule has 0 amide bonds. The number of hydrogen-bond acceptors (Lipinski definition) is 3. The van der Waals surface area contributed by atoms with Gasteiger partial charge in [0.05, 0.1) is 6.20 Å². The second-order valence-electron chi connectivity index (χ2n) is 4.08. The first-order chi connectivity index (χ1) is 9.15. The molecule has 0 aliphatic carbocycles. The number of aromatic nitrogens is 3. The molecule has 19 heavy (non-hydrogen) atoms. The normalized spacial score (nSPS) is 10.8. The Labute approximate surface area is 113 Å². The van der Waals surface area contributed by atoms with Crippen LogP contribution in [0.1, 0.15) is 0 Å². The van der Waals surface area contributed by atoms with E-state index in [0.29, 0.717) is 5.75 Å². The van der Waals surface area contributed by atoms with E-state index in [0.717, 1.165) is 15.6 Å². The summed E-state index contributed by atoms with van der Waals surface area (Å²) in [5, 5.41) is 4.92. The van der Waals surface area contributed by atoms with Crippen molar-refractivity contribution in [3.8, 4) is 11.5 Å². The minimum atomic E-state index is -0.387. The lowest BCUT2D eigenvalue weighted by Crippen LogP contribution is -2.19. The van der Waals surface area contributed by atoms with Gasteiger partial charge in [0.25, 0.3) is 5.56 Å². The molecule has 0 unspecified atom stereocenters. The van der Waals surface area contributed by atoms with E-state index < -0.39 is 0 Å². The van der Waals surface area contributed by atoms with E-state index in [1.807, 2.05) is 24.4 Å². The summed E-state index contributed by atoms with van der Waals surface area (Å²) in [4.78, 5) is 14.7. The summed E-state index contributed by atoms with van der Waals surface area (Å²) in [7, 11) is 1.53. The molecule has 2 heterocycles. The van der Waals surface area contributed by atoms with Crippen LogP contribution in [0, 0.1) is 0 Å². The van der Waals surface area contributed by atoms with Gasteiger partial charge >= 0.3 is 0 Å². The van der Waals surface area contributed by atoms with Crippen LogP contribution in [0.25, 0.3) is 10.9 Å². The minimum absolute atomic E-state index is 0.0201. The number of hydrogen-bond donors (Lipinski definition) is 1. The molecule has 0 saturated heterocycles. The van der Waals surface area contributed by atoms with Gasteiger partial charge < -0.3 is 9.72 Å². The van der Waals surface area contributed by atoms with Crippen molar-refractivity contribution in [2.24, 2.45) is 7.05 Å². The van der Waals surface area contributed by atoms with Crippen molar-refractivity contribution < 1.29 is 4.74 Å². The summed E-state index contributed by atoms with van der Waals surface area (Å²) in [5.41, 5.74) is 0.627. The van der Waals surface area contributed by atoms with Crippen LogP contribution in [-0.4, -0.2) is 14.8 Å². The highest BCUT2D eigenvalue weighted by molar-refractivity contribution is 6.31. The average Bonchev–Trinajstić information content (AvgIpc) is 2.87. The SMILES string of the molecule is Cn1ncc(Oc2ccc3[nH]ccc3c2)c(Cl)c1=O. The van der Waals surface area contributed by atoms with E-state index in [1.54, 1.807) is 6.07 Å². The van der Waals surface area contributed by atoms with Gasteiger partial charge in [-0.2, -0.15) is 5.10 Å². The molecular formula is C13H10ClN3O2. The number of nitrogens with one attached hydrogen (secondary N) is 1. The van der Waals surface area contributed by atoms with E-state index in [-0.39, 0.29) is 16.3 Å². The molecule has 2 aromatic heterocycles. The fourth-order valence-corrected chi connectivity index (χ4v) is 2.00. The van der Waals surface area contributed by atoms with Gasteiger partial charge in [0, 0.05) is 24.1 Å². The molecule has 1 aromatic carbocycles. The summed E-state index contributed by atoms with van der Waals surface area (Å²) >= 11 is 5.94.